The Hall–Kier alpha value is -1.29. The second kappa shape index (κ2) is 4.98. The number of carbonyl (C=O) groups excluding carboxylic acids is 1. The fourth-order valence-corrected chi connectivity index (χ4v) is 1.96. The number of carbonyl (C=O) groups is 1. The van der Waals surface area contributed by atoms with Crippen molar-refractivity contribution < 1.29 is 4.79 Å². The molecule has 0 aromatic heterocycles. The number of rotatable bonds is 2. The molecular formula is C10H14ClN3O. The maximum atomic E-state index is 11.3. The van der Waals surface area contributed by atoms with E-state index in [1.54, 1.807) is 0 Å². The summed E-state index contributed by atoms with van der Waals surface area (Å²) in [6, 6.07) is 0. The van der Waals surface area contributed by atoms with Crippen LogP contribution in [-0.4, -0.2) is 12.2 Å². The minimum absolute atomic E-state index is 0.0307. The largest absolute Gasteiger partial charge is 0.390 e. The van der Waals surface area contributed by atoms with Gasteiger partial charge in [0.25, 0.3) is 0 Å². The lowest BCUT2D eigenvalue weighted by atomic mass is 9.88. The Bertz CT molecular complexity index is 347. The van der Waals surface area contributed by atoms with Gasteiger partial charge < -0.3 is 11.1 Å². The first kappa shape index (κ1) is 11.8. The molecule has 5 heteroatoms. The number of halogens is 1. The van der Waals surface area contributed by atoms with Crippen molar-refractivity contribution in [1.29, 1.82) is 0 Å². The van der Waals surface area contributed by atoms with Crippen LogP contribution in [0, 0.1) is 5.92 Å². The summed E-state index contributed by atoms with van der Waals surface area (Å²) in [7, 11) is 0. The summed E-state index contributed by atoms with van der Waals surface area (Å²) < 4.78 is 0. The molecule has 1 aliphatic rings. The van der Waals surface area contributed by atoms with Gasteiger partial charge in [-0.05, 0) is 12.3 Å². The van der Waals surface area contributed by atoms with Crippen molar-refractivity contribution >= 4 is 23.8 Å². The van der Waals surface area contributed by atoms with E-state index in [0.29, 0.717) is 17.3 Å². The lowest BCUT2D eigenvalue weighted by Gasteiger charge is -2.26. The average molecular weight is 228 g/mol. The summed E-state index contributed by atoms with van der Waals surface area (Å²) in [5, 5.41) is 2.94. The molecule has 0 aromatic rings. The van der Waals surface area contributed by atoms with E-state index >= 15 is 0 Å². The van der Waals surface area contributed by atoms with E-state index in [0.717, 1.165) is 18.3 Å². The van der Waals surface area contributed by atoms with E-state index in [1.807, 2.05) is 6.92 Å². The lowest BCUT2D eigenvalue weighted by molar-refractivity contribution is -0.121. The first-order valence-corrected chi connectivity index (χ1v) is 5.11. The molecule has 15 heavy (non-hydrogen) atoms. The van der Waals surface area contributed by atoms with Crippen LogP contribution in [0.5, 0.6) is 0 Å². The number of nitrogens with zero attached hydrogens (tertiary/aromatic N) is 1. The fraction of sp³-hybridized carbons (Fsp3) is 0.400. The Kier molecular flexibility index (Phi) is 3.91. The Morgan fingerprint density at radius 1 is 1.87 bits per heavy atom. The van der Waals surface area contributed by atoms with Crippen LogP contribution in [0.1, 0.15) is 19.8 Å². The second-order valence-corrected chi connectivity index (χ2v) is 3.68. The van der Waals surface area contributed by atoms with Gasteiger partial charge in [-0.3, -0.25) is 4.79 Å². The molecule has 1 rings (SSSR count). The number of hydrogen-bond donors (Lipinski definition) is 2. The third-order valence-corrected chi connectivity index (χ3v) is 2.66. The molecule has 1 atom stereocenters. The zero-order chi connectivity index (χ0) is 11.4. The SMILES string of the molecule is C=C1NC(=O)C[C@@H](CC)/C1=C(Cl)/N=C\N. The van der Waals surface area contributed by atoms with E-state index in [1.165, 1.54) is 0 Å². The molecule has 1 aliphatic heterocycles. The van der Waals surface area contributed by atoms with Gasteiger partial charge in [-0.1, -0.05) is 25.1 Å². The van der Waals surface area contributed by atoms with Crippen molar-refractivity contribution in [1.82, 2.24) is 5.32 Å². The first-order valence-electron chi connectivity index (χ1n) is 4.73. The first-order chi connectivity index (χ1) is 7.10. The molecule has 0 unspecified atom stereocenters. The van der Waals surface area contributed by atoms with Gasteiger partial charge in [0.05, 0.1) is 6.34 Å². The van der Waals surface area contributed by atoms with Crippen molar-refractivity contribution in [2.75, 3.05) is 0 Å². The molecular weight excluding hydrogens is 214 g/mol. The summed E-state index contributed by atoms with van der Waals surface area (Å²) in [6.07, 6.45) is 2.37. The molecule has 4 nitrogen and oxygen atoms in total. The molecule has 0 radical (unpaired) electrons. The van der Waals surface area contributed by atoms with Crippen molar-refractivity contribution in [3.8, 4) is 0 Å². The van der Waals surface area contributed by atoms with E-state index < -0.39 is 0 Å². The lowest BCUT2D eigenvalue weighted by Crippen LogP contribution is -2.33. The number of piperidine rings is 1. The minimum Gasteiger partial charge on any atom is -0.390 e. The van der Waals surface area contributed by atoms with Gasteiger partial charge in [0, 0.05) is 17.7 Å². The third kappa shape index (κ3) is 2.59. The quantitative estimate of drug-likeness (QED) is 0.426. The van der Waals surface area contributed by atoms with E-state index in [4.69, 9.17) is 17.3 Å². The molecule has 82 valence electrons. The van der Waals surface area contributed by atoms with Crippen LogP contribution in [0.3, 0.4) is 0 Å². The highest BCUT2D eigenvalue weighted by Crippen LogP contribution is 2.32. The molecule has 1 saturated heterocycles. The van der Waals surface area contributed by atoms with Crippen molar-refractivity contribution in [2.45, 2.75) is 19.8 Å². The molecule has 1 fully saturated rings. The monoisotopic (exact) mass is 227 g/mol. The summed E-state index contributed by atoms with van der Waals surface area (Å²) >= 11 is 5.97. The summed E-state index contributed by atoms with van der Waals surface area (Å²) in [4.78, 5) is 15.1. The van der Waals surface area contributed by atoms with Crippen molar-refractivity contribution in [3.63, 3.8) is 0 Å². The normalized spacial score (nSPS) is 25.6. The van der Waals surface area contributed by atoms with Gasteiger partial charge in [0.1, 0.15) is 5.16 Å². The van der Waals surface area contributed by atoms with Crippen LogP contribution in [-0.2, 0) is 4.79 Å². The highest BCUT2D eigenvalue weighted by atomic mass is 35.5. The summed E-state index contributed by atoms with van der Waals surface area (Å²) in [5.41, 5.74) is 6.47. The van der Waals surface area contributed by atoms with Crippen LogP contribution in [0.2, 0.25) is 0 Å². The van der Waals surface area contributed by atoms with Crippen LogP contribution in [0.4, 0.5) is 0 Å². The highest BCUT2D eigenvalue weighted by Gasteiger charge is 2.27. The van der Waals surface area contributed by atoms with Gasteiger partial charge in [-0.25, -0.2) is 4.99 Å². The number of aliphatic imine (C=N–C) groups is 1. The number of amides is 1. The molecule has 3 N–H and O–H groups in total. The van der Waals surface area contributed by atoms with E-state index in [-0.39, 0.29) is 11.8 Å². The van der Waals surface area contributed by atoms with Gasteiger partial charge in [0.15, 0.2) is 0 Å². The topological polar surface area (TPSA) is 67.5 Å². The second-order valence-electron chi connectivity index (χ2n) is 3.32. The zero-order valence-electron chi connectivity index (χ0n) is 8.59. The fourth-order valence-electron chi connectivity index (χ4n) is 1.64. The molecule has 0 aromatic carbocycles. The Balaban J connectivity index is 3.07. The van der Waals surface area contributed by atoms with Crippen LogP contribution in [0.25, 0.3) is 0 Å². The number of hydrogen-bond acceptors (Lipinski definition) is 2. The van der Waals surface area contributed by atoms with E-state index in [9.17, 15) is 4.79 Å². The molecule has 0 aliphatic carbocycles. The Morgan fingerprint density at radius 2 is 2.53 bits per heavy atom. The molecule has 0 bridgehead atoms. The molecule has 0 saturated carbocycles. The standard InChI is InChI=1S/C10H14ClN3O/c1-3-7-4-8(15)14-6(2)9(7)10(11)13-5-12/h5,7H,2-4H2,1H3,(H2,12,13)(H,14,15)/b10-9+/t7-/m1/s1. The molecule has 0 spiro atoms. The minimum atomic E-state index is -0.0307. The Labute approximate surface area is 93.9 Å². The smallest absolute Gasteiger partial charge is 0.224 e. The molecule has 1 amide bonds. The number of nitrogens with two attached hydrogens (primary N) is 1. The summed E-state index contributed by atoms with van der Waals surface area (Å²) in [5.74, 6) is 0.0410. The maximum absolute atomic E-state index is 11.3. The van der Waals surface area contributed by atoms with Gasteiger partial charge in [-0.15, -0.1) is 0 Å². The number of nitrogens with one attached hydrogen (secondary N) is 1. The molecule has 1 heterocycles. The number of allylic oxidation sites excluding steroid dienone is 1. The third-order valence-electron chi connectivity index (χ3n) is 2.36. The van der Waals surface area contributed by atoms with Gasteiger partial charge in [-0.2, -0.15) is 0 Å². The highest BCUT2D eigenvalue weighted by molar-refractivity contribution is 6.30. The van der Waals surface area contributed by atoms with Crippen molar-refractivity contribution in [2.24, 2.45) is 16.6 Å². The Morgan fingerprint density at radius 3 is 3.07 bits per heavy atom. The van der Waals surface area contributed by atoms with Crippen LogP contribution in [0.15, 0.2) is 28.0 Å². The predicted octanol–water partition coefficient (Wildman–Crippen LogP) is 1.48. The zero-order valence-corrected chi connectivity index (χ0v) is 9.34. The predicted molar refractivity (Wildman–Crippen MR) is 61.2 cm³/mol. The van der Waals surface area contributed by atoms with Gasteiger partial charge >= 0.3 is 0 Å². The maximum Gasteiger partial charge on any atom is 0.224 e. The van der Waals surface area contributed by atoms with Crippen molar-refractivity contribution in [3.05, 3.63) is 23.0 Å². The van der Waals surface area contributed by atoms with Crippen LogP contribution < -0.4 is 11.1 Å². The van der Waals surface area contributed by atoms with E-state index in [2.05, 4.69) is 16.9 Å². The van der Waals surface area contributed by atoms with Crippen LogP contribution >= 0.6 is 11.6 Å². The summed E-state index contributed by atoms with van der Waals surface area (Å²) in [6.45, 7) is 5.75. The van der Waals surface area contributed by atoms with Gasteiger partial charge in [0.2, 0.25) is 5.91 Å². The average Bonchev–Trinajstić information content (AvgIpc) is 2.16.